The van der Waals surface area contributed by atoms with E-state index in [1.807, 2.05) is 18.3 Å². The topological polar surface area (TPSA) is 43.4 Å². The van der Waals surface area contributed by atoms with Crippen molar-refractivity contribution in [3.63, 3.8) is 0 Å². The molecular formula is C17H18N2O2S. The van der Waals surface area contributed by atoms with Crippen molar-refractivity contribution in [1.29, 1.82) is 0 Å². The van der Waals surface area contributed by atoms with Crippen LogP contribution >= 0.6 is 12.2 Å². The third kappa shape index (κ3) is 2.96. The molecule has 2 aromatic rings. The first kappa shape index (κ1) is 14.9. The van der Waals surface area contributed by atoms with Crippen LogP contribution in [0.5, 0.6) is 5.75 Å². The van der Waals surface area contributed by atoms with Gasteiger partial charge in [0, 0.05) is 11.8 Å². The molecule has 1 fully saturated rings. The van der Waals surface area contributed by atoms with Crippen LogP contribution in [0.1, 0.15) is 12.5 Å². The van der Waals surface area contributed by atoms with Crippen LogP contribution in [-0.4, -0.2) is 30.3 Å². The molecule has 1 unspecified atom stereocenters. The van der Waals surface area contributed by atoms with Gasteiger partial charge < -0.3 is 14.8 Å². The van der Waals surface area contributed by atoms with Crippen LogP contribution in [0.2, 0.25) is 0 Å². The smallest absolute Gasteiger partial charge is 0.137 e. The van der Waals surface area contributed by atoms with Crippen LogP contribution < -0.4 is 10.1 Å². The van der Waals surface area contributed by atoms with Crippen molar-refractivity contribution in [3.8, 4) is 16.9 Å². The van der Waals surface area contributed by atoms with Crippen LogP contribution in [-0.2, 0) is 10.3 Å². The molecule has 3 rings (SSSR count). The first-order valence-electron chi connectivity index (χ1n) is 7.09. The molecule has 1 aliphatic rings. The maximum Gasteiger partial charge on any atom is 0.137 e. The minimum absolute atomic E-state index is 0.308. The predicted octanol–water partition coefficient (Wildman–Crippen LogP) is 2.92. The van der Waals surface area contributed by atoms with E-state index >= 15 is 0 Å². The van der Waals surface area contributed by atoms with Crippen molar-refractivity contribution in [1.82, 2.24) is 10.3 Å². The average molecular weight is 314 g/mol. The summed E-state index contributed by atoms with van der Waals surface area (Å²) < 4.78 is 10.8. The molecule has 0 amide bonds. The Bertz CT molecular complexity index is 705. The summed E-state index contributed by atoms with van der Waals surface area (Å²) in [6, 6.07) is 10.3. The van der Waals surface area contributed by atoms with Gasteiger partial charge in [-0.3, -0.25) is 4.98 Å². The van der Waals surface area contributed by atoms with Crippen LogP contribution in [0.4, 0.5) is 0 Å². The van der Waals surface area contributed by atoms with Gasteiger partial charge in [0.15, 0.2) is 0 Å². The third-order valence-electron chi connectivity index (χ3n) is 3.82. The lowest BCUT2D eigenvalue weighted by Crippen LogP contribution is -2.52. The van der Waals surface area contributed by atoms with Gasteiger partial charge in [-0.15, -0.1) is 0 Å². The zero-order valence-electron chi connectivity index (χ0n) is 12.6. The van der Waals surface area contributed by atoms with Crippen LogP contribution in [0.15, 0.2) is 42.7 Å². The lowest BCUT2D eigenvalue weighted by Gasteiger charge is -2.36. The van der Waals surface area contributed by atoms with E-state index in [-0.39, 0.29) is 5.54 Å². The quantitative estimate of drug-likeness (QED) is 0.883. The van der Waals surface area contributed by atoms with E-state index in [9.17, 15) is 0 Å². The summed E-state index contributed by atoms with van der Waals surface area (Å²) in [7, 11) is 1.64. The number of methoxy groups -OCH3 is 1. The second kappa shape index (κ2) is 6.02. The number of ether oxygens (including phenoxy) is 2. The number of thiocarbonyl (C=S) groups is 1. The lowest BCUT2D eigenvalue weighted by molar-refractivity contribution is 0.0876. The molecule has 22 heavy (non-hydrogen) atoms. The molecule has 2 heterocycles. The van der Waals surface area contributed by atoms with Crippen molar-refractivity contribution < 1.29 is 9.47 Å². The van der Waals surface area contributed by atoms with Gasteiger partial charge in [-0.2, -0.15) is 0 Å². The number of benzene rings is 1. The molecule has 0 saturated carbocycles. The first-order chi connectivity index (χ1) is 10.6. The Morgan fingerprint density at radius 1 is 1.27 bits per heavy atom. The molecule has 1 saturated heterocycles. The number of nitrogens with zero attached hydrogens (tertiary/aromatic N) is 1. The van der Waals surface area contributed by atoms with Crippen molar-refractivity contribution in [2.24, 2.45) is 0 Å². The normalized spacial score (nSPS) is 21.3. The van der Waals surface area contributed by atoms with Gasteiger partial charge in [-0.1, -0.05) is 30.4 Å². The predicted molar refractivity (Wildman–Crippen MR) is 90.1 cm³/mol. The highest BCUT2D eigenvalue weighted by molar-refractivity contribution is 7.80. The molecule has 4 nitrogen and oxygen atoms in total. The minimum Gasteiger partial charge on any atom is -0.495 e. The van der Waals surface area contributed by atoms with E-state index in [0.29, 0.717) is 13.2 Å². The van der Waals surface area contributed by atoms with E-state index in [4.69, 9.17) is 21.7 Å². The van der Waals surface area contributed by atoms with Gasteiger partial charge in [-0.05, 0) is 30.2 Å². The standard InChI is InChI=1S/C17H18N2O2S/c1-17(11-21-10-16(22)19-17)14-5-3-4-12(6-14)13-7-15(20-2)9-18-8-13/h3-9H,10-11H2,1-2H3,(H,19,22). The molecule has 0 radical (unpaired) electrons. The molecule has 1 atom stereocenters. The van der Waals surface area contributed by atoms with E-state index < -0.39 is 0 Å². The third-order valence-corrected chi connectivity index (χ3v) is 4.04. The first-order valence-corrected chi connectivity index (χ1v) is 7.50. The number of hydrogen-bond acceptors (Lipinski definition) is 4. The Morgan fingerprint density at radius 3 is 2.91 bits per heavy atom. The molecule has 1 aromatic heterocycles. The number of hydrogen-bond donors (Lipinski definition) is 1. The average Bonchev–Trinajstić information content (AvgIpc) is 2.55. The highest BCUT2D eigenvalue weighted by Gasteiger charge is 2.31. The highest BCUT2D eigenvalue weighted by atomic mass is 32.1. The molecule has 114 valence electrons. The molecule has 1 aliphatic heterocycles. The zero-order valence-corrected chi connectivity index (χ0v) is 13.4. The van der Waals surface area contributed by atoms with Gasteiger partial charge >= 0.3 is 0 Å². The summed E-state index contributed by atoms with van der Waals surface area (Å²) in [4.78, 5) is 4.96. The number of aromatic nitrogens is 1. The minimum atomic E-state index is -0.308. The molecule has 0 aliphatic carbocycles. The van der Waals surface area contributed by atoms with Gasteiger partial charge in [0.25, 0.3) is 0 Å². The molecule has 5 heteroatoms. The fourth-order valence-corrected chi connectivity index (χ4v) is 2.92. The zero-order chi connectivity index (χ0) is 15.6. The van der Waals surface area contributed by atoms with E-state index in [0.717, 1.165) is 27.4 Å². The fourth-order valence-electron chi connectivity index (χ4n) is 2.61. The second-order valence-corrected chi connectivity index (χ2v) is 6.06. The molecule has 1 aromatic carbocycles. The summed E-state index contributed by atoms with van der Waals surface area (Å²) >= 11 is 5.25. The molecule has 1 N–H and O–H groups in total. The number of nitrogens with one attached hydrogen (secondary N) is 1. The Kier molecular flexibility index (Phi) is 4.09. The van der Waals surface area contributed by atoms with Crippen molar-refractivity contribution in [3.05, 3.63) is 48.3 Å². The van der Waals surface area contributed by atoms with Gasteiger partial charge in [-0.25, -0.2) is 0 Å². The maximum atomic E-state index is 5.60. The maximum absolute atomic E-state index is 5.60. The SMILES string of the molecule is COc1cncc(-c2cccc(C3(C)COCC(=S)N3)c2)c1. The van der Waals surface area contributed by atoms with Gasteiger partial charge in [0.05, 0.1) is 32.1 Å². The summed E-state index contributed by atoms with van der Waals surface area (Å²) in [5.74, 6) is 0.745. The monoisotopic (exact) mass is 314 g/mol. The fraction of sp³-hybridized carbons (Fsp3) is 0.294. The summed E-state index contributed by atoms with van der Waals surface area (Å²) in [5.41, 5.74) is 2.93. The number of morpholine rings is 1. The van der Waals surface area contributed by atoms with Crippen LogP contribution in [0.25, 0.3) is 11.1 Å². The van der Waals surface area contributed by atoms with Crippen molar-refractivity contribution >= 4 is 17.2 Å². The molecular weight excluding hydrogens is 296 g/mol. The van der Waals surface area contributed by atoms with Gasteiger partial charge in [0.2, 0.25) is 0 Å². The number of pyridine rings is 1. The number of rotatable bonds is 3. The molecule has 0 bridgehead atoms. The Morgan fingerprint density at radius 2 is 2.14 bits per heavy atom. The van der Waals surface area contributed by atoms with E-state index in [1.165, 1.54) is 0 Å². The lowest BCUT2D eigenvalue weighted by atomic mass is 9.89. The second-order valence-electron chi connectivity index (χ2n) is 5.57. The van der Waals surface area contributed by atoms with Crippen LogP contribution in [0.3, 0.4) is 0 Å². The van der Waals surface area contributed by atoms with Crippen molar-refractivity contribution in [2.45, 2.75) is 12.5 Å². The van der Waals surface area contributed by atoms with Crippen LogP contribution in [0, 0.1) is 0 Å². The summed E-state index contributed by atoms with van der Waals surface area (Å²) in [6.45, 7) is 3.18. The largest absolute Gasteiger partial charge is 0.495 e. The van der Waals surface area contributed by atoms with E-state index in [2.05, 4.69) is 35.4 Å². The Balaban J connectivity index is 1.97. The highest BCUT2D eigenvalue weighted by Crippen LogP contribution is 2.29. The molecule has 0 spiro atoms. The Hall–Kier alpha value is -1.98. The van der Waals surface area contributed by atoms with Crippen molar-refractivity contribution in [2.75, 3.05) is 20.3 Å². The summed E-state index contributed by atoms with van der Waals surface area (Å²) in [6.07, 6.45) is 3.53. The summed E-state index contributed by atoms with van der Waals surface area (Å²) in [5, 5.41) is 3.38. The van der Waals surface area contributed by atoms with E-state index in [1.54, 1.807) is 13.3 Å². The van der Waals surface area contributed by atoms with Gasteiger partial charge in [0.1, 0.15) is 10.7 Å². The Labute approximate surface area is 135 Å².